The molecule has 11 heteroatoms. The quantitative estimate of drug-likeness (QED) is 0.0571. The molecule has 2 N–H and O–H groups in total. The van der Waals surface area contributed by atoms with Gasteiger partial charge in [0.2, 0.25) is 0 Å². The van der Waals surface area contributed by atoms with Gasteiger partial charge in [0.25, 0.3) is 0 Å². The molecule has 0 bridgehead atoms. The first-order valence-electron chi connectivity index (χ1n) is 14.3. The molecular weight excluding hydrogens is 755 g/mol. The number of halogens is 1. The summed E-state index contributed by atoms with van der Waals surface area (Å²) in [5, 5.41) is 28.5. The summed E-state index contributed by atoms with van der Waals surface area (Å²) in [6, 6.07) is 51.3. The predicted molar refractivity (Wildman–Crippen MR) is 198 cm³/mol. The summed E-state index contributed by atoms with van der Waals surface area (Å²) in [4.78, 5) is 0. The first-order chi connectivity index (χ1) is 22.1. The van der Waals surface area contributed by atoms with E-state index in [4.69, 9.17) is 25.3 Å². The number of hydrogen-bond donors (Lipinski definition) is 2. The average Bonchev–Trinajstić information content (AvgIpc) is 3.12. The zero-order chi connectivity index (χ0) is 31.3. The van der Waals surface area contributed by atoms with Crippen LogP contribution < -0.4 is 43.5 Å². The molecule has 6 nitrogen and oxygen atoms in total. The van der Waals surface area contributed by atoms with E-state index in [1.807, 2.05) is 78.9 Å². The molecule has 5 rings (SSSR count). The first kappa shape index (κ1) is 37.7. The Morgan fingerprint density at radius 1 is 0.511 bits per heavy atom. The summed E-state index contributed by atoms with van der Waals surface area (Å²) in [5.74, 6) is 0. The minimum absolute atomic E-state index is 0. The van der Waals surface area contributed by atoms with Crippen LogP contribution in [0.2, 0.25) is 0 Å². The van der Waals surface area contributed by atoms with Crippen LogP contribution in [0.5, 0.6) is 0 Å². The Labute approximate surface area is 309 Å². The summed E-state index contributed by atoms with van der Waals surface area (Å²) in [7, 11) is -0.465. The van der Waals surface area contributed by atoms with E-state index in [0.29, 0.717) is 17.7 Å². The second-order valence-electron chi connectivity index (χ2n) is 9.84. The van der Waals surface area contributed by atoms with Crippen molar-refractivity contribution in [2.24, 2.45) is 20.4 Å². The molecule has 47 heavy (non-hydrogen) atoms. The summed E-state index contributed by atoms with van der Waals surface area (Å²) in [5.41, 5.74) is 2.67. The van der Waals surface area contributed by atoms with Gasteiger partial charge in [0.15, 0.2) is 0 Å². The van der Waals surface area contributed by atoms with E-state index in [1.165, 1.54) is 15.9 Å². The average molecular weight is 787 g/mol. The fourth-order valence-electron chi connectivity index (χ4n) is 4.91. The van der Waals surface area contributed by atoms with Gasteiger partial charge in [-0.25, -0.2) is 0 Å². The number of nitrogens with one attached hydrogen (secondary N) is 2. The van der Waals surface area contributed by atoms with Gasteiger partial charge in [-0.2, -0.15) is 10.2 Å². The molecule has 0 saturated carbocycles. The maximum atomic E-state index is 5.81. The van der Waals surface area contributed by atoms with Crippen molar-refractivity contribution in [2.75, 3.05) is 13.3 Å². The SMILES string of the molecule is CNC([S-])=NN=C(C(=NN=C([S-])NC[P+](c1ccccc1)(c1ccccc1)c1ccccc1)c1ccccc1)c1ccccc1.[Br-].[Cu+2]. The molecule has 1 radical (unpaired) electrons. The molecule has 0 amide bonds. The van der Waals surface area contributed by atoms with Gasteiger partial charge in [0.1, 0.15) is 40.9 Å². The summed E-state index contributed by atoms with van der Waals surface area (Å²) < 4.78 is 0. The molecule has 0 aliphatic rings. The topological polar surface area (TPSA) is 73.5 Å². The zero-order valence-electron chi connectivity index (χ0n) is 25.4. The number of amidine groups is 2. The maximum Gasteiger partial charge on any atom is 2.00 e. The van der Waals surface area contributed by atoms with Gasteiger partial charge >= 0.3 is 17.1 Å². The number of hydrogen-bond acceptors (Lipinski definition) is 6. The Hall–Kier alpha value is -3.75. The molecule has 0 atom stereocenters. The molecule has 0 fully saturated rings. The molecular formula is C36H32BrCuN6PS2. The Morgan fingerprint density at radius 2 is 0.830 bits per heavy atom. The third-order valence-corrected chi connectivity index (χ3v) is 11.8. The van der Waals surface area contributed by atoms with Gasteiger partial charge < -0.3 is 52.9 Å². The van der Waals surface area contributed by atoms with Crippen LogP contribution in [-0.2, 0) is 42.3 Å². The monoisotopic (exact) mass is 785 g/mol. The van der Waals surface area contributed by atoms with E-state index in [0.717, 1.165) is 11.1 Å². The molecule has 0 saturated heterocycles. The van der Waals surface area contributed by atoms with Gasteiger partial charge in [-0.1, -0.05) is 115 Å². The van der Waals surface area contributed by atoms with Crippen LogP contribution in [0.15, 0.2) is 172 Å². The molecule has 5 aromatic carbocycles. The molecule has 0 aliphatic carbocycles. The van der Waals surface area contributed by atoms with Crippen molar-refractivity contribution in [1.82, 2.24) is 10.6 Å². The van der Waals surface area contributed by atoms with Crippen LogP contribution in [0.4, 0.5) is 0 Å². The maximum absolute atomic E-state index is 5.81. The summed E-state index contributed by atoms with van der Waals surface area (Å²) in [6.07, 6.45) is 0.564. The molecule has 0 aliphatic heterocycles. The first-order valence-corrected chi connectivity index (χ1v) is 17.1. The smallest absolute Gasteiger partial charge is 1.00 e. The fourth-order valence-corrected chi connectivity index (χ4v) is 9.04. The van der Waals surface area contributed by atoms with E-state index in [-0.39, 0.29) is 44.4 Å². The van der Waals surface area contributed by atoms with E-state index < -0.39 is 7.26 Å². The van der Waals surface area contributed by atoms with Crippen LogP contribution in [0.3, 0.4) is 0 Å². The van der Waals surface area contributed by atoms with Gasteiger partial charge in [0, 0.05) is 23.3 Å². The molecule has 241 valence electrons. The molecule has 0 spiro atoms. The zero-order valence-corrected chi connectivity index (χ0v) is 30.4. The van der Waals surface area contributed by atoms with Gasteiger partial charge in [-0.05, 0) is 41.6 Å². The fraction of sp³-hybridized carbons (Fsp3) is 0.0556. The largest absolute Gasteiger partial charge is 2.00 e. The van der Waals surface area contributed by atoms with Gasteiger partial charge in [-0.3, -0.25) is 0 Å². The minimum atomic E-state index is -2.17. The Bertz CT molecular complexity index is 1700. The second-order valence-corrected chi connectivity index (χ2v) is 14.1. The predicted octanol–water partition coefficient (Wildman–Crippen LogP) is 2.36. The third kappa shape index (κ3) is 9.64. The molecule has 5 aromatic rings. The van der Waals surface area contributed by atoms with E-state index in [9.17, 15) is 0 Å². The number of nitrogens with zero attached hydrogens (tertiary/aromatic N) is 4. The van der Waals surface area contributed by atoms with Crippen molar-refractivity contribution in [3.8, 4) is 0 Å². The van der Waals surface area contributed by atoms with Crippen LogP contribution >= 0.6 is 7.26 Å². The van der Waals surface area contributed by atoms with E-state index >= 15 is 0 Å². The van der Waals surface area contributed by atoms with Crippen LogP contribution in [0.25, 0.3) is 0 Å². The van der Waals surface area contributed by atoms with E-state index in [2.05, 4.69) is 104 Å². The van der Waals surface area contributed by atoms with Crippen LogP contribution in [-0.4, -0.2) is 35.1 Å². The van der Waals surface area contributed by atoms with Crippen LogP contribution in [0.1, 0.15) is 11.1 Å². The Balaban J connectivity index is 0.00000300. The Kier molecular flexibility index (Phi) is 15.4. The molecule has 0 unspecified atom stereocenters. The van der Waals surface area contributed by atoms with Crippen molar-refractivity contribution in [3.05, 3.63) is 163 Å². The summed E-state index contributed by atoms with van der Waals surface area (Å²) in [6.45, 7) is 0. The summed E-state index contributed by atoms with van der Waals surface area (Å²) >= 11 is 11.1. The number of rotatable bonds is 10. The van der Waals surface area contributed by atoms with Crippen LogP contribution in [0, 0.1) is 0 Å². The van der Waals surface area contributed by atoms with Crippen molar-refractivity contribution in [2.45, 2.75) is 0 Å². The van der Waals surface area contributed by atoms with E-state index in [1.54, 1.807) is 7.05 Å². The normalized spacial score (nSPS) is 12.4. The van der Waals surface area contributed by atoms with Gasteiger partial charge in [0.05, 0.1) is 0 Å². The van der Waals surface area contributed by atoms with Gasteiger partial charge in [-0.15, -0.1) is 10.2 Å². The van der Waals surface area contributed by atoms with Crippen molar-refractivity contribution in [3.63, 3.8) is 0 Å². The standard InChI is InChI=1S/C36H33N6PS2.BrH.Cu/c1-37-35(44)41-39-33(28-17-7-2-8-18-28)34(29-19-9-3-10-20-29)40-42-36(45)38-27-43(30-21-11-4-12-22-30,31-23-13-5-14-24-31)32-25-15-6-16-26-32;;/h2-26H,27H2,1H3,(H3-,37,38,39,40,41,42,44,45);1H;/q;;+2/p-2. The number of benzene rings is 5. The Morgan fingerprint density at radius 3 is 1.17 bits per heavy atom. The third-order valence-electron chi connectivity index (χ3n) is 7.07. The molecule has 0 aromatic heterocycles. The minimum Gasteiger partial charge on any atom is -1.00 e. The van der Waals surface area contributed by atoms with Crippen molar-refractivity contribution < 1.29 is 34.1 Å². The molecule has 0 heterocycles. The van der Waals surface area contributed by atoms with Crippen molar-refractivity contribution >= 4 is 70.2 Å². The van der Waals surface area contributed by atoms with Crippen molar-refractivity contribution in [1.29, 1.82) is 0 Å². The second kappa shape index (κ2) is 19.2.